The molecule has 1 saturated heterocycles. The first kappa shape index (κ1) is 13.9. The average Bonchev–Trinajstić information content (AvgIpc) is 2.98. The van der Waals surface area contributed by atoms with Crippen LogP contribution in [-0.2, 0) is 18.4 Å². The Bertz CT molecular complexity index is 543. The van der Waals surface area contributed by atoms with E-state index in [1.54, 1.807) is 4.68 Å². The summed E-state index contributed by atoms with van der Waals surface area (Å²) >= 11 is 6.28. The molecule has 6 heteroatoms. The summed E-state index contributed by atoms with van der Waals surface area (Å²) in [7, 11) is 1.86. The highest BCUT2D eigenvalue weighted by atomic mass is 35.5. The number of hydrogen-bond acceptors (Lipinski definition) is 3. The van der Waals surface area contributed by atoms with Crippen molar-refractivity contribution in [3.63, 3.8) is 0 Å². The Labute approximate surface area is 123 Å². The van der Waals surface area contributed by atoms with Gasteiger partial charge in [0.15, 0.2) is 0 Å². The van der Waals surface area contributed by atoms with Crippen molar-refractivity contribution in [2.75, 3.05) is 6.54 Å². The maximum atomic E-state index is 11.6. The first-order valence-corrected chi connectivity index (χ1v) is 7.51. The fourth-order valence-corrected chi connectivity index (χ4v) is 4.16. The van der Waals surface area contributed by atoms with Crippen molar-refractivity contribution in [3.8, 4) is 0 Å². The molecule has 110 valence electrons. The molecule has 0 radical (unpaired) electrons. The van der Waals surface area contributed by atoms with Gasteiger partial charge in [-0.2, -0.15) is 5.10 Å². The van der Waals surface area contributed by atoms with E-state index in [0.29, 0.717) is 23.4 Å². The molecular weight excluding hydrogens is 278 g/mol. The highest BCUT2D eigenvalue weighted by Crippen LogP contribution is 2.43. The number of halogens is 1. The molecule has 3 atom stereocenters. The van der Waals surface area contributed by atoms with Crippen molar-refractivity contribution in [1.29, 1.82) is 0 Å². The summed E-state index contributed by atoms with van der Waals surface area (Å²) in [5.74, 6) is 0.138. The smallest absolute Gasteiger partial charge is 0.321 e. The Morgan fingerprint density at radius 1 is 1.50 bits per heavy atom. The van der Waals surface area contributed by atoms with E-state index in [4.69, 9.17) is 11.6 Å². The zero-order chi connectivity index (χ0) is 14.4. The van der Waals surface area contributed by atoms with Crippen LogP contribution >= 0.6 is 11.6 Å². The molecule has 3 rings (SSSR count). The predicted octanol–water partition coefficient (Wildman–Crippen LogP) is 2.07. The number of aliphatic carboxylic acids is 1. The molecule has 1 aliphatic heterocycles. The topological polar surface area (TPSA) is 58.4 Å². The van der Waals surface area contributed by atoms with E-state index in [2.05, 4.69) is 10.00 Å². The standard InChI is InChI=1S/C14H20ClN3O2/c1-8-12(15)11(17(2)16-8)7-18-6-9-4-3-5-10(9)13(18)14(19)20/h9-10,13H,3-7H2,1-2H3,(H,19,20). The lowest BCUT2D eigenvalue weighted by Gasteiger charge is -2.24. The number of aryl methyl sites for hydroxylation is 2. The molecule has 2 fully saturated rings. The van der Waals surface area contributed by atoms with Crippen LogP contribution in [0.1, 0.15) is 30.7 Å². The molecule has 1 aliphatic carbocycles. The number of nitrogens with zero attached hydrogens (tertiary/aromatic N) is 3. The van der Waals surface area contributed by atoms with E-state index >= 15 is 0 Å². The van der Waals surface area contributed by atoms with Crippen molar-refractivity contribution < 1.29 is 9.90 Å². The summed E-state index contributed by atoms with van der Waals surface area (Å²) < 4.78 is 1.77. The molecule has 1 aromatic heterocycles. The Kier molecular flexibility index (Phi) is 3.50. The van der Waals surface area contributed by atoms with Crippen LogP contribution in [0.2, 0.25) is 5.02 Å². The van der Waals surface area contributed by atoms with Crippen LogP contribution in [0.15, 0.2) is 0 Å². The SMILES string of the molecule is Cc1nn(C)c(CN2CC3CCCC3C2C(=O)O)c1Cl. The van der Waals surface area contributed by atoms with Crippen LogP contribution < -0.4 is 0 Å². The minimum atomic E-state index is -0.700. The lowest BCUT2D eigenvalue weighted by molar-refractivity contribution is -0.143. The number of carboxylic acids is 1. The summed E-state index contributed by atoms with van der Waals surface area (Å²) in [6.07, 6.45) is 3.36. The summed E-state index contributed by atoms with van der Waals surface area (Å²) in [5.41, 5.74) is 1.71. The van der Waals surface area contributed by atoms with Crippen molar-refractivity contribution in [2.24, 2.45) is 18.9 Å². The van der Waals surface area contributed by atoms with Crippen molar-refractivity contribution >= 4 is 17.6 Å². The minimum absolute atomic E-state index is 0.306. The molecule has 1 N–H and O–H groups in total. The fourth-order valence-electron chi connectivity index (χ4n) is 3.94. The summed E-state index contributed by atoms with van der Waals surface area (Å²) in [5, 5.41) is 14.5. The molecule has 5 nitrogen and oxygen atoms in total. The molecule has 20 heavy (non-hydrogen) atoms. The molecule has 0 spiro atoms. The zero-order valence-electron chi connectivity index (χ0n) is 11.8. The van der Waals surface area contributed by atoms with Crippen LogP contribution in [0.5, 0.6) is 0 Å². The number of hydrogen-bond donors (Lipinski definition) is 1. The van der Waals surface area contributed by atoms with E-state index in [1.807, 2.05) is 14.0 Å². The second kappa shape index (κ2) is 5.04. The Morgan fingerprint density at radius 3 is 2.85 bits per heavy atom. The van der Waals surface area contributed by atoms with E-state index in [-0.39, 0.29) is 6.04 Å². The highest BCUT2D eigenvalue weighted by Gasteiger charge is 2.47. The second-order valence-electron chi connectivity index (χ2n) is 6.04. The Morgan fingerprint density at radius 2 is 2.25 bits per heavy atom. The van der Waals surface area contributed by atoms with Crippen LogP contribution in [0.4, 0.5) is 0 Å². The molecule has 2 heterocycles. The summed E-state index contributed by atoms with van der Waals surface area (Å²) in [6.45, 7) is 3.31. The van der Waals surface area contributed by atoms with Gasteiger partial charge in [-0.05, 0) is 31.6 Å². The van der Waals surface area contributed by atoms with Gasteiger partial charge in [0.2, 0.25) is 0 Å². The third-order valence-corrected chi connectivity index (χ3v) is 5.34. The third-order valence-electron chi connectivity index (χ3n) is 4.85. The van der Waals surface area contributed by atoms with Gasteiger partial charge in [-0.1, -0.05) is 18.0 Å². The molecule has 2 aliphatic rings. The van der Waals surface area contributed by atoms with Gasteiger partial charge in [-0.15, -0.1) is 0 Å². The number of fused-ring (bicyclic) bond motifs is 1. The zero-order valence-corrected chi connectivity index (χ0v) is 12.6. The number of aromatic nitrogens is 2. The van der Waals surface area contributed by atoms with Gasteiger partial charge < -0.3 is 5.11 Å². The monoisotopic (exact) mass is 297 g/mol. The molecule has 3 unspecified atom stereocenters. The molecule has 1 aromatic rings. The van der Waals surface area contributed by atoms with Crippen LogP contribution in [0.25, 0.3) is 0 Å². The number of carbonyl (C=O) groups is 1. The lowest BCUT2D eigenvalue weighted by atomic mass is 9.94. The fraction of sp³-hybridized carbons (Fsp3) is 0.714. The molecule has 0 bridgehead atoms. The maximum absolute atomic E-state index is 11.6. The predicted molar refractivity (Wildman–Crippen MR) is 75.6 cm³/mol. The maximum Gasteiger partial charge on any atom is 0.321 e. The van der Waals surface area contributed by atoms with Gasteiger partial charge >= 0.3 is 5.97 Å². The first-order chi connectivity index (χ1) is 9.49. The van der Waals surface area contributed by atoms with Crippen LogP contribution in [0, 0.1) is 18.8 Å². The molecule has 0 amide bonds. The molecular formula is C14H20ClN3O2. The quantitative estimate of drug-likeness (QED) is 0.928. The van der Waals surface area contributed by atoms with E-state index in [1.165, 1.54) is 6.42 Å². The van der Waals surface area contributed by atoms with Crippen molar-refractivity contribution in [1.82, 2.24) is 14.7 Å². The van der Waals surface area contributed by atoms with Gasteiger partial charge in [-0.25, -0.2) is 0 Å². The third kappa shape index (κ3) is 2.13. The number of rotatable bonds is 3. The summed E-state index contributed by atoms with van der Waals surface area (Å²) in [4.78, 5) is 13.7. The molecule has 0 aromatic carbocycles. The van der Waals surface area contributed by atoms with Gasteiger partial charge in [0, 0.05) is 20.1 Å². The minimum Gasteiger partial charge on any atom is -0.480 e. The lowest BCUT2D eigenvalue weighted by Crippen LogP contribution is -2.39. The van der Waals surface area contributed by atoms with E-state index < -0.39 is 5.97 Å². The van der Waals surface area contributed by atoms with Gasteiger partial charge in [0.05, 0.1) is 16.4 Å². The first-order valence-electron chi connectivity index (χ1n) is 7.14. The largest absolute Gasteiger partial charge is 0.480 e. The van der Waals surface area contributed by atoms with E-state index in [9.17, 15) is 9.90 Å². The van der Waals surface area contributed by atoms with Crippen molar-refractivity contribution in [2.45, 2.75) is 38.8 Å². The summed E-state index contributed by atoms with van der Waals surface area (Å²) in [6, 6.07) is -0.367. The average molecular weight is 298 g/mol. The highest BCUT2D eigenvalue weighted by molar-refractivity contribution is 6.31. The van der Waals surface area contributed by atoms with Gasteiger partial charge in [0.25, 0.3) is 0 Å². The molecule has 1 saturated carbocycles. The van der Waals surface area contributed by atoms with Crippen LogP contribution in [-0.4, -0.2) is 38.3 Å². The van der Waals surface area contributed by atoms with Gasteiger partial charge in [-0.3, -0.25) is 14.4 Å². The second-order valence-corrected chi connectivity index (χ2v) is 6.42. The van der Waals surface area contributed by atoms with Crippen molar-refractivity contribution in [3.05, 3.63) is 16.4 Å². The van der Waals surface area contributed by atoms with E-state index in [0.717, 1.165) is 30.8 Å². The number of carboxylic acid groups (broad SMARTS) is 1. The number of likely N-dealkylation sites (tertiary alicyclic amines) is 1. The Balaban J connectivity index is 1.84. The van der Waals surface area contributed by atoms with Crippen LogP contribution in [0.3, 0.4) is 0 Å². The van der Waals surface area contributed by atoms with Gasteiger partial charge in [0.1, 0.15) is 6.04 Å². The Hall–Kier alpha value is -1.07. The normalized spacial score (nSPS) is 29.9.